The van der Waals surface area contributed by atoms with Gasteiger partial charge in [-0.1, -0.05) is 11.6 Å². The smallest absolute Gasteiger partial charge is 0.194 e. The van der Waals surface area contributed by atoms with Crippen molar-refractivity contribution in [1.29, 1.82) is 0 Å². The zero-order valence-electron chi connectivity index (χ0n) is 5.06. The number of hydrogen-bond acceptors (Lipinski definition) is 3. The molecule has 1 aliphatic heterocycles. The number of rotatable bonds is 0. The van der Waals surface area contributed by atoms with Crippen LogP contribution < -0.4 is 11.1 Å². The van der Waals surface area contributed by atoms with Crippen LogP contribution in [0.25, 0.3) is 0 Å². The van der Waals surface area contributed by atoms with Gasteiger partial charge < -0.3 is 11.1 Å². The Morgan fingerprint density at radius 3 is 2.89 bits per heavy atom. The van der Waals surface area contributed by atoms with Crippen molar-refractivity contribution in [3.8, 4) is 0 Å². The van der Waals surface area contributed by atoms with E-state index in [0.29, 0.717) is 5.96 Å². The Hall–Kier alpha value is -0.700. The molecule has 1 unspecified atom stereocenters. The Bertz CT molecular complexity index is 171. The lowest BCUT2D eigenvalue weighted by Gasteiger charge is -2.16. The van der Waals surface area contributed by atoms with E-state index in [0.717, 1.165) is 0 Å². The molecule has 50 valence electrons. The number of aliphatic imine (C=N–C) groups is 1. The highest BCUT2D eigenvalue weighted by atomic mass is 35.5. The van der Waals surface area contributed by atoms with Crippen LogP contribution in [0.1, 0.15) is 6.92 Å². The van der Waals surface area contributed by atoms with Gasteiger partial charge in [0.05, 0.1) is 0 Å². The predicted octanol–water partition coefficient (Wildman–Crippen LogP) is 0.373. The second-order valence-corrected chi connectivity index (χ2v) is 2.76. The molecule has 0 saturated heterocycles. The number of hydrogen-bond donors (Lipinski definition) is 2. The molecule has 0 bridgehead atoms. The molecular weight excluding hydrogens is 138 g/mol. The summed E-state index contributed by atoms with van der Waals surface area (Å²) in [5, 5.41) is 2.70. The first-order valence-electron chi connectivity index (χ1n) is 2.59. The number of nitrogens with zero attached hydrogens (tertiary/aromatic N) is 1. The molecule has 3 N–H and O–H groups in total. The Morgan fingerprint density at radius 2 is 2.56 bits per heavy atom. The molecular formula is C5H8ClN3. The minimum atomic E-state index is -0.657. The molecule has 3 nitrogen and oxygen atoms in total. The number of nitrogens with one attached hydrogen (secondary N) is 1. The van der Waals surface area contributed by atoms with Gasteiger partial charge in [-0.3, -0.25) is 0 Å². The van der Waals surface area contributed by atoms with Crippen molar-refractivity contribution in [3.05, 3.63) is 12.3 Å². The molecule has 0 aliphatic carbocycles. The van der Waals surface area contributed by atoms with E-state index in [1.807, 2.05) is 0 Å². The van der Waals surface area contributed by atoms with Crippen LogP contribution in [0.3, 0.4) is 0 Å². The van der Waals surface area contributed by atoms with Gasteiger partial charge in [-0.05, 0) is 13.0 Å². The number of nitrogens with two attached hydrogens (primary N) is 1. The van der Waals surface area contributed by atoms with E-state index in [2.05, 4.69) is 10.3 Å². The normalized spacial score (nSPS) is 33.3. The van der Waals surface area contributed by atoms with Crippen LogP contribution in [0.15, 0.2) is 17.3 Å². The van der Waals surface area contributed by atoms with E-state index < -0.39 is 5.00 Å². The fourth-order valence-electron chi connectivity index (χ4n) is 0.584. The lowest BCUT2D eigenvalue weighted by molar-refractivity contribution is 0.798. The average molecular weight is 146 g/mol. The molecule has 0 saturated carbocycles. The molecule has 9 heavy (non-hydrogen) atoms. The summed E-state index contributed by atoms with van der Waals surface area (Å²) >= 11 is 5.77. The lowest BCUT2D eigenvalue weighted by atomic mass is 10.3. The minimum absolute atomic E-state index is 0.356. The molecule has 0 radical (unpaired) electrons. The highest BCUT2D eigenvalue weighted by Gasteiger charge is 2.17. The molecule has 1 atom stereocenters. The highest BCUT2D eigenvalue weighted by Crippen LogP contribution is 2.18. The fourth-order valence-corrected chi connectivity index (χ4v) is 0.738. The summed E-state index contributed by atoms with van der Waals surface area (Å²) in [6.07, 6.45) is 3.40. The second kappa shape index (κ2) is 1.92. The highest BCUT2D eigenvalue weighted by molar-refractivity contribution is 6.25. The largest absolute Gasteiger partial charge is 0.370 e. The third-order valence-corrected chi connectivity index (χ3v) is 1.17. The Balaban J connectivity index is 2.78. The van der Waals surface area contributed by atoms with Crippen molar-refractivity contribution in [2.45, 2.75) is 11.9 Å². The summed E-state index contributed by atoms with van der Waals surface area (Å²) in [5.41, 5.74) is 5.31. The van der Waals surface area contributed by atoms with Crippen LogP contribution in [0.4, 0.5) is 0 Å². The van der Waals surface area contributed by atoms with Crippen molar-refractivity contribution in [2.24, 2.45) is 10.7 Å². The molecule has 0 amide bonds. The van der Waals surface area contributed by atoms with Gasteiger partial charge in [-0.2, -0.15) is 0 Å². The second-order valence-electron chi connectivity index (χ2n) is 2.00. The summed E-state index contributed by atoms with van der Waals surface area (Å²) in [5.74, 6) is 0.356. The Labute approximate surface area is 58.6 Å². The Morgan fingerprint density at radius 1 is 1.89 bits per heavy atom. The monoisotopic (exact) mass is 145 g/mol. The summed E-state index contributed by atoms with van der Waals surface area (Å²) in [6, 6.07) is 0. The lowest BCUT2D eigenvalue weighted by Crippen LogP contribution is -2.34. The topological polar surface area (TPSA) is 50.4 Å². The fraction of sp³-hybridized carbons (Fsp3) is 0.400. The molecule has 1 rings (SSSR count). The van der Waals surface area contributed by atoms with E-state index in [1.165, 1.54) is 0 Å². The zero-order chi connectivity index (χ0) is 6.91. The van der Waals surface area contributed by atoms with Crippen LogP contribution in [-0.2, 0) is 0 Å². The quantitative estimate of drug-likeness (QED) is 0.382. The number of halogens is 1. The average Bonchev–Trinajstić information content (AvgIpc) is 1.60. The third-order valence-electron chi connectivity index (χ3n) is 0.958. The molecule has 0 aromatic carbocycles. The van der Waals surface area contributed by atoms with Crippen LogP contribution in [0.2, 0.25) is 0 Å². The van der Waals surface area contributed by atoms with Crippen LogP contribution >= 0.6 is 11.6 Å². The number of alkyl halides is 1. The van der Waals surface area contributed by atoms with Crippen molar-refractivity contribution in [3.63, 3.8) is 0 Å². The molecule has 1 heterocycles. The maximum Gasteiger partial charge on any atom is 0.194 e. The van der Waals surface area contributed by atoms with Crippen molar-refractivity contribution in [1.82, 2.24) is 5.32 Å². The molecule has 0 spiro atoms. The molecule has 1 aliphatic rings. The van der Waals surface area contributed by atoms with Gasteiger partial charge in [0.1, 0.15) is 0 Å². The van der Waals surface area contributed by atoms with Crippen molar-refractivity contribution in [2.75, 3.05) is 0 Å². The molecule has 0 aromatic heterocycles. The zero-order valence-corrected chi connectivity index (χ0v) is 5.81. The standard InChI is InChI=1S/C5H8ClN3/c1-5(6)2-3-8-4(7)9-5/h2-3H,1H3,(H3,7,8,9). The van der Waals surface area contributed by atoms with Crippen LogP contribution in [0.5, 0.6) is 0 Å². The van der Waals surface area contributed by atoms with Gasteiger partial charge in [-0.15, -0.1) is 0 Å². The van der Waals surface area contributed by atoms with Gasteiger partial charge in [0.25, 0.3) is 0 Å². The minimum Gasteiger partial charge on any atom is -0.370 e. The SMILES string of the molecule is CC1(Cl)C=CNC(N)=N1. The van der Waals surface area contributed by atoms with E-state index >= 15 is 0 Å². The summed E-state index contributed by atoms with van der Waals surface area (Å²) in [4.78, 5) is 3.22. The van der Waals surface area contributed by atoms with Gasteiger partial charge in [-0.25, -0.2) is 4.99 Å². The Kier molecular flexibility index (Phi) is 1.37. The summed E-state index contributed by atoms with van der Waals surface area (Å²) < 4.78 is 0. The van der Waals surface area contributed by atoms with Gasteiger partial charge in [0.2, 0.25) is 0 Å². The molecule has 0 aromatic rings. The van der Waals surface area contributed by atoms with Crippen LogP contribution in [-0.4, -0.2) is 11.0 Å². The van der Waals surface area contributed by atoms with Gasteiger partial charge in [0, 0.05) is 6.20 Å². The first kappa shape index (κ1) is 6.42. The van der Waals surface area contributed by atoms with Crippen molar-refractivity contribution >= 4 is 17.6 Å². The predicted molar refractivity (Wildman–Crippen MR) is 38.2 cm³/mol. The van der Waals surface area contributed by atoms with E-state index in [1.54, 1.807) is 19.2 Å². The molecule has 4 heteroatoms. The van der Waals surface area contributed by atoms with Gasteiger partial charge in [0.15, 0.2) is 11.0 Å². The van der Waals surface area contributed by atoms with Gasteiger partial charge >= 0.3 is 0 Å². The summed E-state index contributed by atoms with van der Waals surface area (Å²) in [6.45, 7) is 1.76. The van der Waals surface area contributed by atoms with E-state index in [4.69, 9.17) is 17.3 Å². The van der Waals surface area contributed by atoms with E-state index in [-0.39, 0.29) is 0 Å². The van der Waals surface area contributed by atoms with Crippen molar-refractivity contribution < 1.29 is 0 Å². The number of guanidine groups is 1. The first-order chi connectivity index (χ1) is 4.10. The summed E-state index contributed by atoms with van der Waals surface area (Å²) in [7, 11) is 0. The third kappa shape index (κ3) is 1.61. The van der Waals surface area contributed by atoms with E-state index in [9.17, 15) is 0 Å². The maximum absolute atomic E-state index is 5.77. The molecule has 0 fully saturated rings. The van der Waals surface area contributed by atoms with Crippen LogP contribution in [0, 0.1) is 0 Å². The first-order valence-corrected chi connectivity index (χ1v) is 2.96. The maximum atomic E-state index is 5.77.